The Morgan fingerprint density at radius 3 is 2.67 bits per heavy atom. The Labute approximate surface area is 132 Å². The fourth-order valence-corrected chi connectivity index (χ4v) is 3.01. The first-order chi connectivity index (χ1) is 9.98. The molecule has 0 radical (unpaired) electrons. The molecule has 0 aliphatic heterocycles. The minimum absolute atomic E-state index is 0.102. The molecule has 0 heterocycles. The van der Waals surface area contributed by atoms with Gasteiger partial charge in [0.15, 0.2) is 0 Å². The van der Waals surface area contributed by atoms with Crippen molar-refractivity contribution in [1.82, 2.24) is 5.32 Å². The van der Waals surface area contributed by atoms with E-state index in [1.54, 1.807) is 24.9 Å². The van der Waals surface area contributed by atoms with Crippen LogP contribution in [0.4, 0.5) is 4.39 Å². The number of hydrogen-bond donors (Lipinski definition) is 1. The van der Waals surface area contributed by atoms with Crippen molar-refractivity contribution in [2.75, 3.05) is 19.4 Å². The van der Waals surface area contributed by atoms with Crippen LogP contribution in [0.5, 0.6) is 0 Å². The molecule has 1 aromatic rings. The quantitative estimate of drug-likeness (QED) is 0.643. The van der Waals surface area contributed by atoms with Crippen LogP contribution >= 0.6 is 11.8 Å². The summed E-state index contributed by atoms with van der Waals surface area (Å²) in [5.41, 5.74) is -0.102. The van der Waals surface area contributed by atoms with Crippen LogP contribution in [-0.4, -0.2) is 31.1 Å². The molecule has 1 rings (SSSR count). The summed E-state index contributed by atoms with van der Waals surface area (Å²) >= 11 is 1.59. The smallest absolute Gasteiger partial charge is 0.136 e. The lowest BCUT2D eigenvalue weighted by Crippen LogP contribution is -2.35. The van der Waals surface area contributed by atoms with Crippen molar-refractivity contribution in [1.29, 1.82) is 0 Å². The molecular weight excluding hydrogens is 285 g/mol. The number of rotatable bonds is 10. The van der Waals surface area contributed by atoms with Crippen molar-refractivity contribution in [2.24, 2.45) is 0 Å². The molecule has 1 N–H and O–H groups in total. The Morgan fingerprint density at radius 2 is 2.05 bits per heavy atom. The maximum Gasteiger partial charge on any atom is 0.136 e. The minimum Gasteiger partial charge on any atom is -0.379 e. The van der Waals surface area contributed by atoms with Crippen molar-refractivity contribution in [3.63, 3.8) is 0 Å². The van der Waals surface area contributed by atoms with Crippen molar-refractivity contribution >= 4 is 11.8 Å². The van der Waals surface area contributed by atoms with Gasteiger partial charge in [0, 0.05) is 23.8 Å². The summed E-state index contributed by atoms with van der Waals surface area (Å²) < 4.78 is 19.1. The maximum absolute atomic E-state index is 13.7. The van der Waals surface area contributed by atoms with Crippen molar-refractivity contribution < 1.29 is 9.13 Å². The van der Waals surface area contributed by atoms with Gasteiger partial charge in [-0.05, 0) is 51.8 Å². The first-order valence-corrected chi connectivity index (χ1v) is 8.63. The average molecular weight is 313 g/mol. The molecule has 21 heavy (non-hydrogen) atoms. The van der Waals surface area contributed by atoms with Crippen molar-refractivity contribution in [3.05, 3.63) is 30.1 Å². The normalized spacial score (nSPS) is 13.4. The largest absolute Gasteiger partial charge is 0.379 e. The third-order valence-electron chi connectivity index (χ3n) is 3.61. The van der Waals surface area contributed by atoms with Crippen LogP contribution in [0, 0.1) is 5.82 Å². The van der Waals surface area contributed by atoms with Crippen LogP contribution < -0.4 is 5.32 Å². The first kappa shape index (κ1) is 18.5. The van der Waals surface area contributed by atoms with Gasteiger partial charge in [-0.2, -0.15) is 0 Å². The number of benzene rings is 1. The van der Waals surface area contributed by atoms with E-state index in [0.717, 1.165) is 36.5 Å². The van der Waals surface area contributed by atoms with Gasteiger partial charge in [-0.25, -0.2) is 4.39 Å². The first-order valence-electron chi connectivity index (χ1n) is 7.64. The molecule has 0 fully saturated rings. The number of nitrogens with one attached hydrogen (secondary N) is 1. The number of halogens is 1. The summed E-state index contributed by atoms with van der Waals surface area (Å²) in [6, 6.07) is 7.35. The van der Waals surface area contributed by atoms with Crippen molar-refractivity contribution in [3.8, 4) is 0 Å². The molecule has 1 atom stereocenters. The predicted molar refractivity (Wildman–Crippen MR) is 89.5 cm³/mol. The number of hydrogen-bond acceptors (Lipinski definition) is 3. The van der Waals surface area contributed by atoms with E-state index in [1.165, 1.54) is 6.07 Å². The molecule has 0 amide bonds. The van der Waals surface area contributed by atoms with Crippen LogP contribution in [0.2, 0.25) is 0 Å². The van der Waals surface area contributed by atoms with E-state index in [1.807, 2.05) is 12.1 Å². The monoisotopic (exact) mass is 313 g/mol. The van der Waals surface area contributed by atoms with Crippen LogP contribution in [0.1, 0.15) is 40.0 Å². The second-order valence-electron chi connectivity index (χ2n) is 5.89. The van der Waals surface area contributed by atoms with Crippen molar-refractivity contribution in [2.45, 2.75) is 56.6 Å². The van der Waals surface area contributed by atoms with E-state index < -0.39 is 0 Å². The lowest BCUT2D eigenvalue weighted by Gasteiger charge is -2.26. The van der Waals surface area contributed by atoms with E-state index >= 15 is 0 Å². The molecular formula is C17H28FNOS. The molecule has 2 nitrogen and oxygen atoms in total. The molecule has 0 aliphatic rings. The SMILES string of the molecule is CCCNC(CCC(C)(C)OC)CSc1ccccc1F. The molecule has 0 saturated carbocycles. The van der Waals surface area contributed by atoms with Gasteiger partial charge in [-0.15, -0.1) is 11.8 Å². The zero-order chi connectivity index (χ0) is 15.7. The average Bonchev–Trinajstić information content (AvgIpc) is 2.48. The van der Waals surface area contributed by atoms with E-state index in [4.69, 9.17) is 4.74 Å². The van der Waals surface area contributed by atoms with Gasteiger partial charge < -0.3 is 10.1 Å². The van der Waals surface area contributed by atoms with Crippen LogP contribution in [0.25, 0.3) is 0 Å². The van der Waals surface area contributed by atoms with Gasteiger partial charge in [0.1, 0.15) is 5.82 Å². The fraction of sp³-hybridized carbons (Fsp3) is 0.647. The molecule has 1 aromatic carbocycles. The van der Waals surface area contributed by atoms with Gasteiger partial charge in [0.25, 0.3) is 0 Å². The van der Waals surface area contributed by atoms with Crippen LogP contribution in [0.3, 0.4) is 0 Å². The van der Waals surface area contributed by atoms with E-state index in [-0.39, 0.29) is 11.4 Å². The third-order valence-corrected chi connectivity index (χ3v) is 4.82. The topological polar surface area (TPSA) is 21.3 Å². The fourth-order valence-electron chi connectivity index (χ4n) is 1.97. The lowest BCUT2D eigenvalue weighted by atomic mass is 9.99. The van der Waals surface area contributed by atoms with Gasteiger partial charge in [0.2, 0.25) is 0 Å². The Hall–Kier alpha value is -0.580. The lowest BCUT2D eigenvalue weighted by molar-refractivity contribution is 0.0122. The Bertz CT molecular complexity index is 412. The van der Waals surface area contributed by atoms with Gasteiger partial charge in [-0.3, -0.25) is 0 Å². The second-order valence-corrected chi connectivity index (χ2v) is 6.96. The molecule has 0 bridgehead atoms. The standard InChI is InChI=1S/C17H28FNOS/c1-5-12-19-14(10-11-17(2,3)20-4)13-21-16-9-7-6-8-15(16)18/h6-9,14,19H,5,10-13H2,1-4H3. The van der Waals surface area contributed by atoms with Crippen LogP contribution in [-0.2, 0) is 4.74 Å². The molecule has 0 saturated heterocycles. The van der Waals surface area contributed by atoms with Gasteiger partial charge in [0.05, 0.1) is 5.60 Å². The number of methoxy groups -OCH3 is 1. The maximum atomic E-state index is 13.7. The molecule has 1 unspecified atom stereocenters. The highest BCUT2D eigenvalue weighted by Crippen LogP contribution is 2.24. The highest BCUT2D eigenvalue weighted by atomic mass is 32.2. The summed E-state index contributed by atoms with van der Waals surface area (Å²) in [4.78, 5) is 0.729. The summed E-state index contributed by atoms with van der Waals surface area (Å²) in [5, 5.41) is 3.56. The molecule has 4 heteroatoms. The number of ether oxygens (including phenoxy) is 1. The second kappa shape index (κ2) is 9.44. The predicted octanol–water partition coefficient (Wildman–Crippen LogP) is 4.49. The molecule has 0 aliphatic carbocycles. The summed E-state index contributed by atoms with van der Waals surface area (Å²) in [7, 11) is 1.75. The summed E-state index contributed by atoms with van der Waals surface area (Å²) in [6.45, 7) is 7.37. The Balaban J connectivity index is 2.51. The van der Waals surface area contributed by atoms with Gasteiger partial charge >= 0.3 is 0 Å². The van der Waals surface area contributed by atoms with Gasteiger partial charge in [-0.1, -0.05) is 19.1 Å². The number of thioether (sulfide) groups is 1. The van der Waals surface area contributed by atoms with E-state index in [9.17, 15) is 4.39 Å². The molecule has 0 aromatic heterocycles. The Kier molecular flexibility index (Phi) is 8.30. The van der Waals surface area contributed by atoms with E-state index in [2.05, 4.69) is 26.1 Å². The molecule has 120 valence electrons. The Morgan fingerprint density at radius 1 is 1.33 bits per heavy atom. The third kappa shape index (κ3) is 7.30. The highest BCUT2D eigenvalue weighted by molar-refractivity contribution is 7.99. The van der Waals surface area contributed by atoms with Crippen LogP contribution in [0.15, 0.2) is 29.2 Å². The highest BCUT2D eigenvalue weighted by Gasteiger charge is 2.19. The zero-order valence-corrected chi connectivity index (χ0v) is 14.4. The summed E-state index contributed by atoms with van der Waals surface area (Å²) in [6.07, 6.45) is 3.12. The summed E-state index contributed by atoms with van der Waals surface area (Å²) in [5.74, 6) is 0.745. The van der Waals surface area contributed by atoms with E-state index in [0.29, 0.717) is 6.04 Å². The molecule has 0 spiro atoms. The zero-order valence-electron chi connectivity index (χ0n) is 13.6. The minimum atomic E-state index is -0.131.